The topological polar surface area (TPSA) is 115 Å². The first-order chi connectivity index (χ1) is 16.1. The zero-order valence-corrected chi connectivity index (χ0v) is 20.6. The highest BCUT2D eigenvalue weighted by Gasteiger charge is 2.58. The highest BCUT2D eigenvalue weighted by atomic mass is 31.1. The van der Waals surface area contributed by atoms with Gasteiger partial charge in [-0.2, -0.15) is 4.98 Å². The predicted octanol–water partition coefficient (Wildman–Crippen LogP) is 2.67. The number of nitrogens with zero attached hydrogens (tertiary/aromatic N) is 3. The number of benzene rings is 1. The van der Waals surface area contributed by atoms with Gasteiger partial charge >= 0.3 is 11.7 Å². The summed E-state index contributed by atoms with van der Waals surface area (Å²) in [4.78, 5) is 28.7. The van der Waals surface area contributed by atoms with E-state index in [0.717, 1.165) is 11.7 Å². The van der Waals surface area contributed by atoms with Gasteiger partial charge in [0.1, 0.15) is 5.82 Å². The molecule has 186 valence electrons. The summed E-state index contributed by atoms with van der Waals surface area (Å²) in [5.41, 5.74) is -0.495. The average molecular weight is 496 g/mol. The van der Waals surface area contributed by atoms with Crippen molar-refractivity contribution in [3.05, 3.63) is 58.6 Å². The number of rotatable bonds is 9. The number of aromatic nitrogens is 2. The van der Waals surface area contributed by atoms with E-state index in [1.165, 1.54) is 12.3 Å². The molecule has 1 aromatic heterocycles. The molecule has 0 saturated carbocycles. The minimum Gasteiger partial charge on any atom is -0.341 e. The molecule has 0 aliphatic carbocycles. The van der Waals surface area contributed by atoms with Gasteiger partial charge in [-0.05, 0) is 45.9 Å². The Kier molecular flexibility index (Phi) is 8.51. The van der Waals surface area contributed by atoms with E-state index >= 15 is 4.39 Å². The zero-order valence-electron chi connectivity index (χ0n) is 19.6. The Balaban J connectivity index is 1.77. The van der Waals surface area contributed by atoms with E-state index in [2.05, 4.69) is 10.3 Å². The number of ether oxygens (including phenoxy) is 2. The first-order valence-corrected chi connectivity index (χ1v) is 11.7. The van der Waals surface area contributed by atoms with Crippen LogP contribution in [0.2, 0.25) is 0 Å². The fraction of sp³-hybridized carbons (Fsp3) is 0.500. The van der Waals surface area contributed by atoms with Crippen molar-refractivity contribution in [1.29, 1.82) is 0 Å². The summed E-state index contributed by atoms with van der Waals surface area (Å²) in [6.07, 6.45) is -3.78. The molecule has 1 fully saturated rings. The van der Waals surface area contributed by atoms with E-state index < -0.39 is 36.1 Å². The third-order valence-corrected chi connectivity index (χ3v) is 6.89. The Morgan fingerprint density at radius 2 is 1.91 bits per heavy atom. The summed E-state index contributed by atoms with van der Waals surface area (Å²) in [6, 6.07) is 9.98. The van der Waals surface area contributed by atoms with Gasteiger partial charge in [0.25, 0.3) is 5.91 Å². The summed E-state index contributed by atoms with van der Waals surface area (Å²) in [5.74, 6) is -2.87. The van der Waals surface area contributed by atoms with Crippen molar-refractivity contribution in [2.75, 3.05) is 12.4 Å². The van der Waals surface area contributed by atoms with Crippen LogP contribution in [0.5, 0.6) is 0 Å². The van der Waals surface area contributed by atoms with Gasteiger partial charge in [0.15, 0.2) is 18.5 Å². The molecule has 0 spiro atoms. The minimum atomic E-state index is -2.41. The molecular formula is C22H30FN4O6P. The van der Waals surface area contributed by atoms with Crippen molar-refractivity contribution in [2.45, 2.75) is 64.3 Å². The Bertz CT molecular complexity index is 1030. The smallest absolute Gasteiger partial charge is 0.341 e. The highest BCUT2D eigenvalue weighted by molar-refractivity contribution is 7.29. The number of carbonyl (C=O) groups excluding carboxylic acids is 1. The van der Waals surface area contributed by atoms with Crippen LogP contribution < -0.4 is 11.0 Å². The SMILES string of the molecule is CO[C@@]1(O)O[C@@H](n2ccc(NC(=O)c3ccccc3)nc2=O)[C@@H](F)C1OPN(C(C)C)C(C)C. The van der Waals surface area contributed by atoms with Crippen LogP contribution in [-0.4, -0.2) is 62.7 Å². The molecule has 1 aliphatic rings. The standard InChI is InChI=1S/C22H30FN4O6P/c1-13(2)27(14(3)4)34-33-18-17(23)20(32-22(18,30)31-5)26-12-11-16(25-21(26)29)24-19(28)15-9-7-6-8-10-15/h6-14,17-18,20,30,34H,1-5H3,(H,24,25,28,29)/t17-,18?,20+,22+/m0/s1. The van der Waals surface area contributed by atoms with Crippen molar-refractivity contribution in [3.8, 4) is 0 Å². The average Bonchev–Trinajstić information content (AvgIpc) is 3.05. The first kappa shape index (κ1) is 26.3. The third kappa shape index (κ3) is 5.68. The molecule has 1 aliphatic heterocycles. The maximum Gasteiger partial charge on any atom is 0.351 e. The lowest BCUT2D eigenvalue weighted by molar-refractivity contribution is -0.368. The fourth-order valence-electron chi connectivity index (χ4n) is 3.55. The van der Waals surface area contributed by atoms with Crippen LogP contribution >= 0.6 is 8.96 Å². The van der Waals surface area contributed by atoms with Gasteiger partial charge in [-0.15, -0.1) is 0 Å². The summed E-state index contributed by atoms with van der Waals surface area (Å²) >= 11 is 0. The second-order valence-electron chi connectivity index (χ2n) is 8.33. The number of alkyl halides is 1. The molecule has 1 aromatic carbocycles. The van der Waals surface area contributed by atoms with E-state index in [1.54, 1.807) is 30.3 Å². The lowest BCUT2D eigenvalue weighted by atomic mass is 10.2. The number of aliphatic hydroxyl groups is 1. The predicted molar refractivity (Wildman–Crippen MR) is 125 cm³/mol. The van der Waals surface area contributed by atoms with Crippen LogP contribution in [0.3, 0.4) is 0 Å². The van der Waals surface area contributed by atoms with E-state index in [0.29, 0.717) is 5.56 Å². The fourth-order valence-corrected chi connectivity index (χ4v) is 4.48. The molecule has 5 atom stereocenters. The highest BCUT2D eigenvalue weighted by Crippen LogP contribution is 2.43. The summed E-state index contributed by atoms with van der Waals surface area (Å²) in [5, 5.41) is 13.2. The first-order valence-electron chi connectivity index (χ1n) is 10.8. The van der Waals surface area contributed by atoms with Gasteiger partial charge in [0, 0.05) is 31.0 Å². The third-order valence-electron chi connectivity index (χ3n) is 5.28. The maximum atomic E-state index is 15.4. The monoisotopic (exact) mass is 496 g/mol. The van der Waals surface area contributed by atoms with Crippen molar-refractivity contribution in [3.63, 3.8) is 0 Å². The number of halogens is 1. The van der Waals surface area contributed by atoms with Crippen molar-refractivity contribution < 1.29 is 28.3 Å². The van der Waals surface area contributed by atoms with Crippen LogP contribution in [0.25, 0.3) is 0 Å². The van der Waals surface area contributed by atoms with Crippen molar-refractivity contribution in [2.24, 2.45) is 0 Å². The molecule has 2 N–H and O–H groups in total. The lowest BCUT2D eigenvalue weighted by Crippen LogP contribution is -2.45. The Morgan fingerprint density at radius 3 is 2.47 bits per heavy atom. The van der Waals surface area contributed by atoms with Crippen molar-refractivity contribution >= 4 is 20.7 Å². The number of anilines is 1. The largest absolute Gasteiger partial charge is 0.351 e. The second-order valence-corrected chi connectivity index (χ2v) is 9.27. The zero-order chi connectivity index (χ0) is 25.0. The van der Waals surface area contributed by atoms with Gasteiger partial charge in [0.05, 0.1) is 8.96 Å². The molecule has 1 amide bonds. The second kappa shape index (κ2) is 11.0. The van der Waals surface area contributed by atoms with Gasteiger partial charge in [-0.1, -0.05) is 18.2 Å². The molecule has 2 unspecified atom stereocenters. The van der Waals surface area contributed by atoms with Crippen LogP contribution in [0.1, 0.15) is 44.3 Å². The Morgan fingerprint density at radius 1 is 1.26 bits per heavy atom. The van der Waals surface area contributed by atoms with Crippen LogP contribution in [-0.2, 0) is 14.0 Å². The quantitative estimate of drug-likeness (QED) is 0.402. The molecule has 1 saturated heterocycles. The summed E-state index contributed by atoms with van der Waals surface area (Å²) in [6.45, 7) is 7.90. The summed E-state index contributed by atoms with van der Waals surface area (Å²) < 4.78 is 34.4. The molecule has 2 aromatic rings. The lowest BCUT2D eigenvalue weighted by Gasteiger charge is -2.33. The molecule has 2 heterocycles. The molecule has 0 bridgehead atoms. The number of methoxy groups -OCH3 is 1. The number of hydrogen-bond acceptors (Lipinski definition) is 8. The van der Waals surface area contributed by atoms with Gasteiger partial charge in [-0.3, -0.25) is 18.8 Å². The molecule has 12 heteroatoms. The van der Waals surface area contributed by atoms with Crippen LogP contribution in [0.4, 0.5) is 10.2 Å². The molecule has 0 radical (unpaired) electrons. The van der Waals surface area contributed by atoms with E-state index in [4.69, 9.17) is 14.0 Å². The van der Waals surface area contributed by atoms with E-state index in [1.807, 2.05) is 32.4 Å². The number of hydrogen-bond donors (Lipinski definition) is 2. The van der Waals surface area contributed by atoms with E-state index in [-0.39, 0.29) is 26.9 Å². The minimum absolute atomic E-state index is 0.00991. The molecule has 3 rings (SSSR count). The van der Waals surface area contributed by atoms with E-state index in [9.17, 15) is 14.7 Å². The van der Waals surface area contributed by atoms with Crippen molar-refractivity contribution in [1.82, 2.24) is 14.2 Å². The normalized spacial score (nSPS) is 25.2. The van der Waals surface area contributed by atoms with Crippen LogP contribution in [0, 0.1) is 0 Å². The maximum absolute atomic E-state index is 15.4. The molecule has 34 heavy (non-hydrogen) atoms. The van der Waals surface area contributed by atoms with Gasteiger partial charge in [-0.25, -0.2) is 9.18 Å². The number of amides is 1. The Hall–Kier alpha value is -2.27. The van der Waals surface area contributed by atoms with Gasteiger partial charge < -0.3 is 19.7 Å². The number of carbonyl (C=O) groups is 1. The Labute approximate surface area is 199 Å². The number of nitrogens with one attached hydrogen (secondary N) is 1. The van der Waals surface area contributed by atoms with Gasteiger partial charge in [0.2, 0.25) is 0 Å². The van der Waals surface area contributed by atoms with Crippen LogP contribution in [0.15, 0.2) is 47.4 Å². The molecule has 10 nitrogen and oxygen atoms in total. The summed E-state index contributed by atoms with van der Waals surface area (Å²) in [7, 11) is 0.876. The molecular weight excluding hydrogens is 466 g/mol.